The molecule has 0 aromatic carbocycles. The number of urea groups is 1. The monoisotopic (exact) mass is 305 g/mol. The first kappa shape index (κ1) is 15.9. The normalized spacial score (nSPS) is 17.9. The van der Waals surface area contributed by atoms with Gasteiger partial charge in [-0.3, -0.25) is 4.90 Å². The highest BCUT2D eigenvalue weighted by Gasteiger charge is 2.20. The lowest BCUT2D eigenvalue weighted by Gasteiger charge is -2.31. The van der Waals surface area contributed by atoms with Crippen molar-refractivity contribution >= 4 is 17.4 Å². The molecule has 0 saturated carbocycles. The maximum absolute atomic E-state index is 11.6. The molecule has 0 aliphatic carbocycles. The fourth-order valence-electron chi connectivity index (χ4n) is 2.50. The largest absolute Gasteiger partial charge is 0.338 e. The molecule has 5 heteroatoms. The molecule has 1 saturated heterocycles. The van der Waals surface area contributed by atoms with Crippen LogP contribution in [0, 0.1) is 18.3 Å². The first-order chi connectivity index (χ1) is 10.2. The van der Waals surface area contributed by atoms with Gasteiger partial charge in [0.2, 0.25) is 0 Å². The number of carbonyl (C=O) groups excluding carboxylic acids is 1. The minimum Gasteiger partial charge on any atom is -0.338 e. The second-order valence-electron chi connectivity index (χ2n) is 5.54. The van der Waals surface area contributed by atoms with Crippen molar-refractivity contribution in [2.45, 2.75) is 32.4 Å². The third-order valence-electron chi connectivity index (χ3n) is 3.82. The van der Waals surface area contributed by atoms with Crippen molar-refractivity contribution in [3.8, 4) is 12.3 Å². The summed E-state index contributed by atoms with van der Waals surface area (Å²) >= 11 is 1.82. The van der Waals surface area contributed by atoms with Gasteiger partial charge in [0.1, 0.15) is 0 Å². The Balaban J connectivity index is 1.63. The summed E-state index contributed by atoms with van der Waals surface area (Å²) in [6.07, 6.45) is 7.50. The molecular formula is C16H23N3OS. The van der Waals surface area contributed by atoms with Crippen LogP contribution >= 0.6 is 11.3 Å². The molecule has 2 amide bonds. The molecule has 1 aromatic heterocycles. The van der Waals surface area contributed by atoms with Crippen LogP contribution in [-0.4, -0.2) is 36.6 Å². The Morgan fingerprint density at radius 2 is 2.33 bits per heavy atom. The summed E-state index contributed by atoms with van der Waals surface area (Å²) in [5, 5.41) is 7.76. The van der Waals surface area contributed by atoms with Crippen molar-refractivity contribution in [1.29, 1.82) is 0 Å². The summed E-state index contributed by atoms with van der Waals surface area (Å²) in [6.45, 7) is 5.79. The smallest absolute Gasteiger partial charge is 0.315 e. The third kappa shape index (κ3) is 5.41. The molecule has 2 N–H and O–H groups in total. The van der Waals surface area contributed by atoms with E-state index in [0.717, 1.165) is 39.0 Å². The Hall–Kier alpha value is -1.51. The number of rotatable bonds is 5. The second kappa shape index (κ2) is 8.06. The molecule has 4 nitrogen and oxygen atoms in total. The summed E-state index contributed by atoms with van der Waals surface area (Å²) in [5.74, 6) is 3.05. The van der Waals surface area contributed by atoms with Gasteiger partial charge >= 0.3 is 6.03 Å². The molecule has 21 heavy (non-hydrogen) atoms. The van der Waals surface area contributed by atoms with Gasteiger partial charge in [-0.25, -0.2) is 4.79 Å². The van der Waals surface area contributed by atoms with Crippen LogP contribution in [0.2, 0.25) is 0 Å². The van der Waals surface area contributed by atoms with E-state index in [0.29, 0.717) is 5.92 Å². The Morgan fingerprint density at radius 3 is 2.95 bits per heavy atom. The number of carbonyl (C=O) groups is 1. The molecule has 1 fully saturated rings. The first-order valence-corrected chi connectivity index (χ1v) is 8.30. The highest BCUT2D eigenvalue weighted by atomic mass is 32.1. The zero-order valence-corrected chi connectivity index (χ0v) is 13.3. The van der Waals surface area contributed by atoms with Gasteiger partial charge < -0.3 is 10.6 Å². The van der Waals surface area contributed by atoms with Gasteiger partial charge in [0.05, 0.1) is 6.04 Å². The highest BCUT2D eigenvalue weighted by molar-refractivity contribution is 7.09. The number of nitrogens with one attached hydrogen (secondary N) is 2. The van der Waals surface area contributed by atoms with Crippen LogP contribution in [0.4, 0.5) is 4.79 Å². The third-order valence-corrected chi connectivity index (χ3v) is 4.68. The Bertz CT molecular complexity index is 472. The zero-order chi connectivity index (χ0) is 15.1. The number of amides is 2. The van der Waals surface area contributed by atoms with Crippen molar-refractivity contribution in [2.24, 2.45) is 5.92 Å². The predicted molar refractivity (Wildman–Crippen MR) is 87.1 cm³/mol. The lowest BCUT2D eigenvalue weighted by Crippen LogP contribution is -2.44. The lowest BCUT2D eigenvalue weighted by molar-refractivity contribution is 0.176. The van der Waals surface area contributed by atoms with E-state index in [1.807, 2.05) is 11.3 Å². The Morgan fingerprint density at radius 1 is 1.57 bits per heavy atom. The van der Waals surface area contributed by atoms with Crippen LogP contribution in [0.3, 0.4) is 0 Å². The van der Waals surface area contributed by atoms with Gasteiger partial charge in [0.25, 0.3) is 0 Å². The number of hydrogen-bond donors (Lipinski definition) is 2. The molecular weight excluding hydrogens is 282 g/mol. The van der Waals surface area contributed by atoms with Crippen molar-refractivity contribution in [2.75, 3.05) is 19.6 Å². The summed E-state index contributed by atoms with van der Waals surface area (Å²) in [6, 6.07) is 3.90. The molecule has 0 bridgehead atoms. The average Bonchev–Trinajstić information content (AvgIpc) is 2.99. The van der Waals surface area contributed by atoms with Crippen molar-refractivity contribution in [1.82, 2.24) is 15.5 Å². The van der Waals surface area contributed by atoms with E-state index in [-0.39, 0.29) is 12.1 Å². The van der Waals surface area contributed by atoms with Gasteiger partial charge in [-0.1, -0.05) is 12.0 Å². The number of piperidine rings is 1. The second-order valence-corrected chi connectivity index (χ2v) is 6.57. The van der Waals surface area contributed by atoms with E-state index in [1.165, 1.54) is 4.88 Å². The number of thiophene rings is 1. The van der Waals surface area contributed by atoms with E-state index in [2.05, 4.69) is 39.0 Å². The first-order valence-electron chi connectivity index (χ1n) is 7.42. The van der Waals surface area contributed by atoms with E-state index in [4.69, 9.17) is 6.42 Å². The number of hydrogen-bond acceptors (Lipinski definition) is 3. The fraction of sp³-hybridized carbons (Fsp3) is 0.562. The predicted octanol–water partition coefficient (Wildman–Crippen LogP) is 2.28. The maximum Gasteiger partial charge on any atom is 0.315 e. The maximum atomic E-state index is 11.6. The minimum atomic E-state index is -0.224. The van der Waals surface area contributed by atoms with Crippen molar-refractivity contribution in [3.05, 3.63) is 22.4 Å². The van der Waals surface area contributed by atoms with Crippen LogP contribution in [-0.2, 0) is 6.54 Å². The molecule has 1 aliphatic heterocycles. The van der Waals surface area contributed by atoms with Crippen LogP contribution in [0.15, 0.2) is 17.5 Å². The summed E-state index contributed by atoms with van der Waals surface area (Å²) in [5.41, 5.74) is 0. The molecule has 0 spiro atoms. The molecule has 114 valence electrons. The van der Waals surface area contributed by atoms with Gasteiger partial charge in [0.15, 0.2) is 0 Å². The number of nitrogens with zero attached hydrogens (tertiary/aromatic N) is 1. The van der Waals surface area contributed by atoms with Crippen LogP contribution in [0.5, 0.6) is 0 Å². The number of likely N-dealkylation sites (tertiary alicyclic amines) is 1. The standard InChI is InChI=1S/C16H23N3OS/c1-3-13(2)18-16(20)17-11-14-6-8-19(9-7-14)12-15-5-4-10-21-15/h1,4-5,10,13-14H,6-9,11-12H2,2H3,(H2,17,18,20). The van der Waals surface area contributed by atoms with E-state index in [9.17, 15) is 4.79 Å². The number of terminal acetylenes is 1. The van der Waals surface area contributed by atoms with Gasteiger partial charge in [-0.15, -0.1) is 17.8 Å². The molecule has 2 rings (SSSR count). The summed E-state index contributed by atoms with van der Waals surface area (Å²) < 4.78 is 0. The Labute approximate surface area is 130 Å². The van der Waals surface area contributed by atoms with Crippen LogP contribution < -0.4 is 10.6 Å². The van der Waals surface area contributed by atoms with E-state index < -0.39 is 0 Å². The minimum absolute atomic E-state index is 0.165. The topological polar surface area (TPSA) is 44.4 Å². The molecule has 0 radical (unpaired) electrons. The average molecular weight is 305 g/mol. The van der Waals surface area contributed by atoms with Crippen LogP contribution in [0.25, 0.3) is 0 Å². The molecule has 2 heterocycles. The molecule has 1 unspecified atom stereocenters. The SMILES string of the molecule is C#CC(C)NC(=O)NCC1CCN(Cc2cccs2)CC1. The molecule has 1 aromatic rings. The summed E-state index contributed by atoms with van der Waals surface area (Å²) in [4.78, 5) is 15.5. The quantitative estimate of drug-likeness (QED) is 0.820. The van der Waals surface area contributed by atoms with Gasteiger partial charge in [-0.2, -0.15) is 0 Å². The van der Waals surface area contributed by atoms with E-state index in [1.54, 1.807) is 6.92 Å². The molecule has 1 atom stereocenters. The van der Waals surface area contributed by atoms with Gasteiger partial charge in [0, 0.05) is 18.0 Å². The lowest BCUT2D eigenvalue weighted by atomic mass is 9.97. The fourth-order valence-corrected chi connectivity index (χ4v) is 3.24. The zero-order valence-electron chi connectivity index (χ0n) is 12.5. The van der Waals surface area contributed by atoms with Crippen molar-refractivity contribution in [3.63, 3.8) is 0 Å². The van der Waals surface area contributed by atoms with Gasteiger partial charge in [-0.05, 0) is 50.2 Å². The van der Waals surface area contributed by atoms with Crippen LogP contribution in [0.1, 0.15) is 24.6 Å². The van der Waals surface area contributed by atoms with Crippen molar-refractivity contribution < 1.29 is 4.79 Å². The highest BCUT2D eigenvalue weighted by Crippen LogP contribution is 2.20. The van der Waals surface area contributed by atoms with E-state index >= 15 is 0 Å². The summed E-state index contributed by atoms with van der Waals surface area (Å²) in [7, 11) is 0. The molecule has 1 aliphatic rings. The Kier molecular flexibility index (Phi) is 6.09.